The monoisotopic (exact) mass is 1550 g/mol. The zero-order chi connectivity index (χ0) is 81.8. The third kappa shape index (κ3) is 29.8. The highest BCUT2D eigenvalue weighted by molar-refractivity contribution is 5.97. The Bertz CT molecular complexity index is 3780. The molecule has 27 nitrogen and oxygen atoms in total. The molecule has 8 amide bonds. The Hall–Kier alpha value is -9.60. The number of rotatable bonds is 40. The van der Waals surface area contributed by atoms with Gasteiger partial charge in [-0.2, -0.15) is 0 Å². The number of ketones is 2. The maximum absolute atomic E-state index is 14.4. The number of likely N-dealkylation sites (tertiary alicyclic amines) is 2. The summed E-state index contributed by atoms with van der Waals surface area (Å²) < 4.78 is 20.7. The van der Waals surface area contributed by atoms with Crippen LogP contribution in [0.25, 0.3) is 0 Å². The molecule has 0 bridgehead atoms. The van der Waals surface area contributed by atoms with Crippen molar-refractivity contribution >= 4 is 71.1 Å². The lowest BCUT2D eigenvalue weighted by Gasteiger charge is -2.30. The highest BCUT2D eigenvalue weighted by Gasteiger charge is 2.51. The van der Waals surface area contributed by atoms with Gasteiger partial charge in [0.25, 0.3) is 0 Å². The Labute approximate surface area is 659 Å². The molecule has 4 fully saturated rings. The van der Waals surface area contributed by atoms with Crippen molar-refractivity contribution in [3.8, 4) is 0 Å². The van der Waals surface area contributed by atoms with Crippen LogP contribution in [-0.2, 0) is 92.6 Å². The van der Waals surface area contributed by atoms with E-state index in [0.29, 0.717) is 70.3 Å². The van der Waals surface area contributed by atoms with Gasteiger partial charge in [0, 0.05) is 63.2 Å². The van der Waals surface area contributed by atoms with Crippen LogP contribution < -0.4 is 49.1 Å². The summed E-state index contributed by atoms with van der Waals surface area (Å²) in [4.78, 5) is 165. The molecule has 27 heteroatoms. The van der Waals surface area contributed by atoms with Crippen molar-refractivity contribution in [2.75, 3.05) is 53.5 Å². The predicted molar refractivity (Wildman–Crippen MR) is 423 cm³/mol. The van der Waals surface area contributed by atoms with Crippen LogP contribution in [0.5, 0.6) is 0 Å². The molecule has 10 atom stereocenters. The van der Waals surface area contributed by atoms with Gasteiger partial charge < -0.3 is 77.8 Å². The Morgan fingerprint density at radius 3 is 1.33 bits per heavy atom. The molecule has 2 heterocycles. The summed E-state index contributed by atoms with van der Waals surface area (Å²) in [7, 11) is 2.45. The minimum Gasteiger partial charge on any atom is -0.468 e. The van der Waals surface area contributed by atoms with Gasteiger partial charge in [-0.3, -0.25) is 38.4 Å². The fourth-order valence-corrected chi connectivity index (χ4v) is 14.1. The number of amides is 8. The lowest BCUT2D eigenvalue weighted by molar-refractivity contribution is -0.149. The number of carbonyl (C=O) groups excluding carboxylic acids is 12. The van der Waals surface area contributed by atoms with Crippen LogP contribution in [0.3, 0.4) is 0 Å². The molecule has 8 rings (SSSR count). The minimum atomic E-state index is -1.59. The van der Waals surface area contributed by atoms with E-state index in [9.17, 15) is 57.5 Å². The van der Waals surface area contributed by atoms with Crippen LogP contribution in [0, 0.1) is 29.6 Å². The van der Waals surface area contributed by atoms with E-state index in [1.165, 1.54) is 24.0 Å². The zero-order valence-electron chi connectivity index (χ0n) is 66.9. The molecule has 4 aliphatic rings. The highest BCUT2D eigenvalue weighted by atomic mass is 16.6. The molecule has 112 heavy (non-hydrogen) atoms. The van der Waals surface area contributed by atoms with E-state index in [1.807, 2.05) is 128 Å². The van der Waals surface area contributed by atoms with Crippen LogP contribution in [0.4, 0.5) is 9.59 Å². The van der Waals surface area contributed by atoms with E-state index >= 15 is 0 Å². The molecule has 0 aromatic heterocycles. The third-order valence-electron chi connectivity index (χ3n) is 20.6. The minimum absolute atomic E-state index is 0.0149. The number of Topliss-reactive ketones (excluding diaryl/α,β-unsaturated/α-hetero) is 2. The van der Waals surface area contributed by atoms with Gasteiger partial charge in [-0.05, 0) is 166 Å². The molecule has 612 valence electrons. The molecule has 2 saturated carbocycles. The summed E-state index contributed by atoms with van der Waals surface area (Å²) in [5.74, 6) is -5.60. The van der Waals surface area contributed by atoms with E-state index in [0.717, 1.165) is 47.9 Å². The molecule has 4 aromatic carbocycles. The summed E-state index contributed by atoms with van der Waals surface area (Å²) in [6, 6.07) is 33.3. The topological polar surface area (TPSA) is 398 Å². The SMILES string of the molecule is COC(=O)C1(N)CCN(C(=O)[C@@H](CCCCN)NC(=O)[C@H](CC(=O)[C@@H](Cc2ccccc2)NC(=O)[C@H](N)Cc2ccccc2)CC2CC2)C1.COC(=O)C1(NC(=O)OC(C)(C)C)CCN(C(=O)[C@@H](CCCCNC(=O)OC(C)(C)C)NC(=O)[C@H](CC(=O)[C@@H](Cc2ccccc2)NC(=O)[C@H](C)Cc2ccccc2)CC2CC2)C1. The molecule has 0 radical (unpaired) electrons. The number of carbonyl (C=O) groups is 12. The Morgan fingerprint density at radius 1 is 0.491 bits per heavy atom. The molecular formula is C85H121N11O16. The van der Waals surface area contributed by atoms with Crippen molar-refractivity contribution in [3.63, 3.8) is 0 Å². The summed E-state index contributed by atoms with van der Waals surface area (Å²) in [5, 5.41) is 17.2. The number of unbranched alkanes of at least 4 members (excludes halogenated alkanes) is 2. The number of benzene rings is 4. The second-order valence-corrected chi connectivity index (χ2v) is 32.7. The number of methoxy groups -OCH3 is 2. The fraction of sp³-hybridized carbons (Fsp3) is 0.576. The number of nitrogens with two attached hydrogens (primary N) is 3. The standard InChI is InChI=1S/C48H69N5O10.C37H52N6O6/c1-32(27-33-17-11-9-12-18-33)40(55)51-38(29-34-19-13-10-14-20-34)39(54)30-36(28-35-22-23-35)41(56)50-37(21-15-16-25-49-44(59)62-46(2,3)4)42(57)53-26-24-48(31-53,43(58)61-8)52-45(60)63-47(5,6)7;1-49-36(48)37(40)17-19-43(24-37)35(47)30(14-8-9-18-38)41-33(45)28(20-27-15-16-27)23-32(44)31(22-26-12-6-3-7-13-26)42-34(46)29(39)21-25-10-4-2-5-11-25/h9-14,17-20,32,35-38H,15-16,21-31H2,1-8H3,(H,49,59)(H,50,56)(H,51,55)(H,52,60);2-7,10-13,27-31H,8-9,14-24,38-40H2,1H3,(H,41,45)(H,42,46)/t32-,36+,37-,38-,48?;28-,29+,30+,31+,37?/m10/s1. The van der Waals surface area contributed by atoms with Crippen LogP contribution >= 0.6 is 0 Å². The first-order chi connectivity index (χ1) is 53.2. The van der Waals surface area contributed by atoms with Gasteiger partial charge >= 0.3 is 24.1 Å². The number of ether oxygens (including phenoxy) is 4. The van der Waals surface area contributed by atoms with E-state index in [4.69, 9.17) is 36.1 Å². The number of nitrogens with one attached hydrogen (secondary N) is 6. The number of alkyl carbamates (subject to hydrolysis) is 2. The van der Waals surface area contributed by atoms with E-state index < -0.39 is 112 Å². The summed E-state index contributed by atoms with van der Waals surface area (Å²) in [6.45, 7) is 13.0. The first kappa shape index (κ1) is 89.6. The molecular weight excluding hydrogens is 1430 g/mol. The van der Waals surface area contributed by atoms with E-state index in [-0.39, 0.29) is 113 Å². The first-order valence-electron chi connectivity index (χ1n) is 39.6. The Balaban J connectivity index is 0.000000320. The summed E-state index contributed by atoms with van der Waals surface area (Å²) in [6.07, 6.45) is 7.29. The number of nitrogens with zero attached hydrogens (tertiary/aromatic N) is 2. The zero-order valence-corrected chi connectivity index (χ0v) is 66.9. The van der Waals surface area contributed by atoms with Crippen LogP contribution in [0.1, 0.15) is 173 Å². The van der Waals surface area contributed by atoms with E-state index in [1.54, 1.807) is 41.5 Å². The Morgan fingerprint density at radius 2 is 0.893 bits per heavy atom. The lowest BCUT2D eigenvalue weighted by Crippen LogP contribution is -2.59. The first-order valence-corrected chi connectivity index (χ1v) is 39.6. The largest absolute Gasteiger partial charge is 0.468 e. The van der Waals surface area contributed by atoms with Crippen molar-refractivity contribution < 1.29 is 76.5 Å². The number of esters is 2. The Kier molecular flexibility index (Phi) is 34.3. The summed E-state index contributed by atoms with van der Waals surface area (Å²) >= 11 is 0. The van der Waals surface area contributed by atoms with Gasteiger partial charge in [0.2, 0.25) is 35.4 Å². The van der Waals surface area contributed by atoms with Crippen molar-refractivity contribution in [2.24, 2.45) is 46.8 Å². The van der Waals surface area contributed by atoms with E-state index in [2.05, 4.69) is 31.9 Å². The molecule has 2 aliphatic heterocycles. The van der Waals surface area contributed by atoms with Crippen molar-refractivity contribution in [3.05, 3.63) is 144 Å². The van der Waals surface area contributed by atoms with Gasteiger partial charge in [0.05, 0.1) is 38.9 Å². The fourth-order valence-electron chi connectivity index (χ4n) is 14.1. The van der Waals surface area contributed by atoms with Crippen LogP contribution in [0.15, 0.2) is 121 Å². The average molecular weight is 1550 g/mol. The number of hydrogen-bond acceptors (Lipinski definition) is 19. The quantitative estimate of drug-likeness (QED) is 0.0121. The second-order valence-electron chi connectivity index (χ2n) is 32.7. The van der Waals surface area contributed by atoms with Crippen molar-refractivity contribution in [2.45, 2.75) is 229 Å². The molecule has 2 aliphatic carbocycles. The second kappa shape index (κ2) is 42.9. The van der Waals surface area contributed by atoms with Gasteiger partial charge in [-0.15, -0.1) is 0 Å². The molecule has 12 N–H and O–H groups in total. The smallest absolute Gasteiger partial charge is 0.408 e. The van der Waals surface area contributed by atoms with Crippen LogP contribution in [0.2, 0.25) is 0 Å². The van der Waals surface area contributed by atoms with Gasteiger partial charge in [0.1, 0.15) is 28.8 Å². The van der Waals surface area contributed by atoms with Gasteiger partial charge in [-0.1, -0.05) is 154 Å². The maximum Gasteiger partial charge on any atom is 0.408 e. The molecule has 4 aromatic rings. The molecule has 2 saturated heterocycles. The predicted octanol–water partition coefficient (Wildman–Crippen LogP) is 7.19. The number of hydrogen-bond donors (Lipinski definition) is 9. The molecule has 0 spiro atoms. The van der Waals surface area contributed by atoms with Gasteiger partial charge in [0.15, 0.2) is 17.1 Å². The van der Waals surface area contributed by atoms with Gasteiger partial charge in [-0.25, -0.2) is 19.2 Å². The summed E-state index contributed by atoms with van der Waals surface area (Å²) in [5.41, 5.74) is 17.5. The average Bonchev–Trinajstić information content (AvgIpc) is 1.63. The van der Waals surface area contributed by atoms with Crippen molar-refractivity contribution in [1.29, 1.82) is 0 Å². The van der Waals surface area contributed by atoms with Crippen LogP contribution in [-0.4, -0.2) is 187 Å². The molecule has 2 unspecified atom stereocenters. The lowest BCUT2D eigenvalue weighted by atomic mass is 9.89. The van der Waals surface area contributed by atoms with Crippen molar-refractivity contribution in [1.82, 2.24) is 41.7 Å². The maximum atomic E-state index is 14.4. The highest BCUT2D eigenvalue weighted by Crippen LogP contribution is 2.38. The normalized spacial score (nSPS) is 18.9. The third-order valence-corrected chi connectivity index (χ3v) is 20.6.